The SMILES string of the molecule is C=CCOCOC(=O)C(=C)CCCCO. The molecule has 0 aromatic rings. The fourth-order valence-corrected chi connectivity index (χ4v) is 0.881. The molecule has 0 fully saturated rings. The lowest BCUT2D eigenvalue weighted by Crippen LogP contribution is -2.10. The molecule has 0 radical (unpaired) electrons. The normalized spacial score (nSPS) is 9.67. The summed E-state index contributed by atoms with van der Waals surface area (Å²) in [4.78, 5) is 11.2. The van der Waals surface area contributed by atoms with Gasteiger partial charge in [0.15, 0.2) is 6.79 Å². The third-order valence-corrected chi connectivity index (χ3v) is 1.68. The van der Waals surface area contributed by atoms with E-state index in [0.717, 1.165) is 6.42 Å². The number of aliphatic hydroxyl groups is 1. The van der Waals surface area contributed by atoms with Crippen molar-refractivity contribution in [1.29, 1.82) is 0 Å². The third kappa shape index (κ3) is 7.90. The van der Waals surface area contributed by atoms with E-state index in [2.05, 4.69) is 13.2 Å². The summed E-state index contributed by atoms with van der Waals surface area (Å²) >= 11 is 0. The molecular weight excluding hydrogens is 196 g/mol. The molecule has 0 saturated heterocycles. The predicted molar refractivity (Wildman–Crippen MR) is 57.2 cm³/mol. The first-order valence-electron chi connectivity index (χ1n) is 4.86. The van der Waals surface area contributed by atoms with Crippen molar-refractivity contribution in [3.63, 3.8) is 0 Å². The minimum Gasteiger partial charge on any atom is -0.435 e. The summed E-state index contributed by atoms with van der Waals surface area (Å²) in [6, 6.07) is 0. The van der Waals surface area contributed by atoms with E-state index in [1.807, 2.05) is 0 Å². The molecule has 0 aromatic carbocycles. The minimum atomic E-state index is -0.447. The molecule has 0 spiro atoms. The molecule has 0 rings (SSSR count). The Bertz CT molecular complexity index is 211. The van der Waals surface area contributed by atoms with Crippen molar-refractivity contribution >= 4 is 5.97 Å². The predicted octanol–water partition coefficient (Wildman–Crippen LogP) is 1.41. The van der Waals surface area contributed by atoms with Crippen LogP contribution in [0.15, 0.2) is 24.8 Å². The van der Waals surface area contributed by atoms with Crippen LogP contribution in [0.4, 0.5) is 0 Å². The molecule has 86 valence electrons. The molecule has 0 aromatic heterocycles. The number of hydrogen-bond donors (Lipinski definition) is 1. The lowest BCUT2D eigenvalue weighted by atomic mass is 10.1. The molecule has 15 heavy (non-hydrogen) atoms. The van der Waals surface area contributed by atoms with Gasteiger partial charge in [-0.2, -0.15) is 0 Å². The summed E-state index contributed by atoms with van der Waals surface area (Å²) in [5, 5.41) is 8.54. The topological polar surface area (TPSA) is 55.8 Å². The number of carbonyl (C=O) groups excluding carboxylic acids is 1. The van der Waals surface area contributed by atoms with Gasteiger partial charge in [-0.25, -0.2) is 4.79 Å². The molecule has 0 heterocycles. The van der Waals surface area contributed by atoms with Crippen molar-refractivity contribution in [1.82, 2.24) is 0 Å². The highest BCUT2D eigenvalue weighted by Crippen LogP contribution is 2.06. The van der Waals surface area contributed by atoms with Crippen molar-refractivity contribution in [2.24, 2.45) is 0 Å². The van der Waals surface area contributed by atoms with E-state index in [4.69, 9.17) is 14.6 Å². The van der Waals surface area contributed by atoms with Gasteiger partial charge in [0.05, 0.1) is 6.61 Å². The molecule has 0 amide bonds. The first-order chi connectivity index (χ1) is 7.22. The van der Waals surface area contributed by atoms with E-state index in [0.29, 0.717) is 25.0 Å². The zero-order chi connectivity index (χ0) is 11.5. The minimum absolute atomic E-state index is 0.0795. The van der Waals surface area contributed by atoms with E-state index in [1.165, 1.54) is 0 Å². The van der Waals surface area contributed by atoms with E-state index in [-0.39, 0.29) is 13.4 Å². The highest BCUT2D eigenvalue weighted by atomic mass is 16.7. The van der Waals surface area contributed by atoms with Crippen LogP contribution in [0.25, 0.3) is 0 Å². The van der Waals surface area contributed by atoms with E-state index < -0.39 is 5.97 Å². The van der Waals surface area contributed by atoms with Gasteiger partial charge in [-0.05, 0) is 19.3 Å². The summed E-state index contributed by atoms with van der Waals surface area (Å²) in [6.07, 6.45) is 3.52. The highest BCUT2D eigenvalue weighted by Gasteiger charge is 2.07. The summed E-state index contributed by atoms with van der Waals surface area (Å²) in [6.45, 7) is 7.45. The van der Waals surface area contributed by atoms with Crippen LogP contribution in [-0.2, 0) is 14.3 Å². The zero-order valence-corrected chi connectivity index (χ0v) is 8.91. The van der Waals surface area contributed by atoms with Crippen molar-refractivity contribution in [3.8, 4) is 0 Å². The van der Waals surface area contributed by atoms with Crippen LogP contribution in [0.2, 0.25) is 0 Å². The molecule has 0 aliphatic heterocycles. The van der Waals surface area contributed by atoms with Crippen molar-refractivity contribution in [2.45, 2.75) is 19.3 Å². The van der Waals surface area contributed by atoms with Gasteiger partial charge < -0.3 is 14.6 Å². The summed E-state index contributed by atoms with van der Waals surface area (Å²) in [5.41, 5.74) is 0.408. The van der Waals surface area contributed by atoms with Gasteiger partial charge in [-0.1, -0.05) is 12.7 Å². The number of carbonyl (C=O) groups is 1. The monoisotopic (exact) mass is 214 g/mol. The highest BCUT2D eigenvalue weighted by molar-refractivity contribution is 5.87. The third-order valence-electron chi connectivity index (χ3n) is 1.68. The summed E-state index contributed by atoms with van der Waals surface area (Å²) in [7, 11) is 0. The fourth-order valence-electron chi connectivity index (χ4n) is 0.881. The van der Waals surface area contributed by atoms with Crippen LogP contribution in [0, 0.1) is 0 Å². The summed E-state index contributed by atoms with van der Waals surface area (Å²) in [5.74, 6) is -0.447. The van der Waals surface area contributed by atoms with Gasteiger partial charge in [0.25, 0.3) is 0 Å². The Balaban J connectivity index is 3.51. The molecule has 0 aliphatic carbocycles. The molecule has 0 atom stereocenters. The van der Waals surface area contributed by atoms with Crippen molar-refractivity contribution in [2.75, 3.05) is 20.0 Å². The Morgan fingerprint density at radius 3 is 2.73 bits per heavy atom. The van der Waals surface area contributed by atoms with Gasteiger partial charge in [-0.15, -0.1) is 6.58 Å². The Morgan fingerprint density at radius 1 is 1.40 bits per heavy atom. The van der Waals surface area contributed by atoms with E-state index >= 15 is 0 Å². The van der Waals surface area contributed by atoms with Gasteiger partial charge in [-0.3, -0.25) is 0 Å². The number of unbranched alkanes of at least 4 members (excludes halogenated alkanes) is 1. The first kappa shape index (κ1) is 13.9. The molecule has 4 heteroatoms. The number of ether oxygens (including phenoxy) is 2. The maximum Gasteiger partial charge on any atom is 0.335 e. The number of rotatable bonds is 9. The molecule has 0 unspecified atom stereocenters. The van der Waals surface area contributed by atoms with Crippen LogP contribution < -0.4 is 0 Å². The van der Waals surface area contributed by atoms with Gasteiger partial charge in [0.2, 0.25) is 0 Å². The Labute approximate surface area is 90.2 Å². The smallest absolute Gasteiger partial charge is 0.335 e. The number of esters is 1. The average Bonchev–Trinajstić information content (AvgIpc) is 2.24. The van der Waals surface area contributed by atoms with Crippen LogP contribution in [-0.4, -0.2) is 31.1 Å². The standard InChI is InChI=1S/C11H18O4/c1-3-8-14-9-15-11(13)10(2)6-4-5-7-12/h3,12H,1-2,4-9H2. The van der Waals surface area contributed by atoms with Crippen molar-refractivity contribution < 1.29 is 19.4 Å². The summed E-state index contributed by atoms with van der Waals surface area (Å²) < 4.78 is 9.65. The van der Waals surface area contributed by atoms with Gasteiger partial charge in [0, 0.05) is 12.2 Å². The maximum absolute atomic E-state index is 11.2. The van der Waals surface area contributed by atoms with Gasteiger partial charge >= 0.3 is 5.97 Å². The Kier molecular flexibility index (Phi) is 8.72. The Morgan fingerprint density at radius 2 is 2.13 bits per heavy atom. The molecule has 0 bridgehead atoms. The second-order valence-corrected chi connectivity index (χ2v) is 2.99. The lowest BCUT2D eigenvalue weighted by Gasteiger charge is -2.06. The molecule has 1 N–H and O–H groups in total. The second kappa shape index (κ2) is 9.43. The quantitative estimate of drug-likeness (QED) is 0.207. The molecule has 0 aliphatic rings. The molecular formula is C11H18O4. The van der Waals surface area contributed by atoms with Crippen LogP contribution in [0.3, 0.4) is 0 Å². The largest absolute Gasteiger partial charge is 0.435 e. The van der Waals surface area contributed by atoms with Crippen LogP contribution in [0.5, 0.6) is 0 Å². The van der Waals surface area contributed by atoms with Gasteiger partial charge in [0.1, 0.15) is 0 Å². The second-order valence-electron chi connectivity index (χ2n) is 2.99. The lowest BCUT2D eigenvalue weighted by molar-refractivity contribution is -0.150. The molecule has 0 saturated carbocycles. The van der Waals surface area contributed by atoms with Crippen LogP contribution >= 0.6 is 0 Å². The number of hydrogen-bond acceptors (Lipinski definition) is 4. The maximum atomic E-state index is 11.2. The van der Waals surface area contributed by atoms with Crippen molar-refractivity contribution in [3.05, 3.63) is 24.8 Å². The molecule has 4 nitrogen and oxygen atoms in total. The van der Waals surface area contributed by atoms with E-state index in [1.54, 1.807) is 6.08 Å². The first-order valence-corrected chi connectivity index (χ1v) is 4.86. The van der Waals surface area contributed by atoms with Crippen LogP contribution in [0.1, 0.15) is 19.3 Å². The fraction of sp³-hybridized carbons (Fsp3) is 0.545. The number of aliphatic hydroxyl groups excluding tert-OH is 1. The Hall–Kier alpha value is -1.13. The zero-order valence-electron chi connectivity index (χ0n) is 8.91. The average molecular weight is 214 g/mol. The van der Waals surface area contributed by atoms with E-state index in [9.17, 15) is 4.79 Å².